The van der Waals surface area contributed by atoms with E-state index in [-0.39, 0.29) is 6.61 Å². The molecule has 9 heteroatoms. The van der Waals surface area contributed by atoms with E-state index < -0.39 is 26.2 Å². The van der Waals surface area contributed by atoms with Crippen LogP contribution in [0.15, 0.2) is 0 Å². The quantitative estimate of drug-likeness (QED) is 0.580. The minimum atomic E-state index is -2.31. The standard InChI is InChI=1S/C8H9Cl5O4/c1-3-16-6(15)7(9,10)5(8(11,12)13)17-4(2)14/h5H,3H2,1-2H3. The van der Waals surface area contributed by atoms with Gasteiger partial charge in [-0.1, -0.05) is 58.0 Å². The third kappa shape index (κ3) is 5.26. The summed E-state index contributed by atoms with van der Waals surface area (Å²) < 4.78 is 4.75. The van der Waals surface area contributed by atoms with Crippen LogP contribution >= 0.6 is 58.0 Å². The third-order valence-electron chi connectivity index (χ3n) is 1.46. The largest absolute Gasteiger partial charge is 0.464 e. The van der Waals surface area contributed by atoms with Crippen molar-refractivity contribution in [3.63, 3.8) is 0 Å². The van der Waals surface area contributed by atoms with Crippen LogP contribution in [-0.4, -0.2) is 32.8 Å². The van der Waals surface area contributed by atoms with Crippen LogP contribution in [0.25, 0.3) is 0 Å². The average molecular weight is 346 g/mol. The molecule has 0 heterocycles. The van der Waals surface area contributed by atoms with Gasteiger partial charge in [-0.15, -0.1) is 0 Å². The maximum atomic E-state index is 11.5. The number of esters is 2. The topological polar surface area (TPSA) is 52.6 Å². The Hall–Kier alpha value is 0.390. The van der Waals surface area contributed by atoms with Crippen molar-refractivity contribution in [1.82, 2.24) is 0 Å². The van der Waals surface area contributed by atoms with E-state index in [9.17, 15) is 9.59 Å². The Kier molecular flexibility index (Phi) is 6.68. The Morgan fingerprint density at radius 2 is 1.65 bits per heavy atom. The van der Waals surface area contributed by atoms with E-state index in [1.54, 1.807) is 0 Å². The van der Waals surface area contributed by atoms with Gasteiger partial charge in [0.05, 0.1) is 6.61 Å². The van der Waals surface area contributed by atoms with Crippen LogP contribution < -0.4 is 0 Å². The Labute approximate surface area is 123 Å². The van der Waals surface area contributed by atoms with E-state index >= 15 is 0 Å². The molecule has 1 atom stereocenters. The molecule has 0 aliphatic carbocycles. The molecule has 0 aliphatic rings. The highest BCUT2D eigenvalue weighted by Gasteiger charge is 2.56. The lowest BCUT2D eigenvalue weighted by Crippen LogP contribution is -2.50. The van der Waals surface area contributed by atoms with Gasteiger partial charge < -0.3 is 9.47 Å². The number of halogens is 5. The summed E-state index contributed by atoms with van der Waals surface area (Å²) in [5.41, 5.74) is 0. The number of alkyl halides is 5. The van der Waals surface area contributed by atoms with Crippen LogP contribution in [0.2, 0.25) is 0 Å². The van der Waals surface area contributed by atoms with Crippen molar-refractivity contribution < 1.29 is 19.1 Å². The molecule has 4 nitrogen and oxygen atoms in total. The van der Waals surface area contributed by atoms with Crippen molar-refractivity contribution in [3.05, 3.63) is 0 Å². The molecular weight excluding hydrogens is 337 g/mol. The second-order valence-corrected chi connectivity index (χ2v) is 6.63. The normalized spacial score (nSPS) is 14.1. The zero-order valence-corrected chi connectivity index (χ0v) is 12.6. The van der Waals surface area contributed by atoms with Gasteiger partial charge in [-0.25, -0.2) is 4.79 Å². The van der Waals surface area contributed by atoms with Crippen LogP contribution in [0, 0.1) is 0 Å². The molecule has 0 aromatic carbocycles. The summed E-state index contributed by atoms with van der Waals surface area (Å²) in [6.07, 6.45) is -1.69. The van der Waals surface area contributed by atoms with Gasteiger partial charge in [-0.3, -0.25) is 4.79 Å². The smallest absolute Gasteiger partial charge is 0.346 e. The monoisotopic (exact) mass is 344 g/mol. The third-order valence-corrected chi connectivity index (χ3v) is 2.76. The number of carbonyl (C=O) groups is 2. The van der Waals surface area contributed by atoms with E-state index in [2.05, 4.69) is 9.47 Å². The summed E-state index contributed by atoms with van der Waals surface area (Å²) in [7, 11) is 0. The maximum absolute atomic E-state index is 11.5. The fourth-order valence-electron chi connectivity index (χ4n) is 0.847. The van der Waals surface area contributed by atoms with Crippen molar-refractivity contribution in [2.75, 3.05) is 6.61 Å². The van der Waals surface area contributed by atoms with Gasteiger partial charge in [0.1, 0.15) is 0 Å². The number of ether oxygens (including phenoxy) is 2. The second-order valence-electron chi connectivity index (χ2n) is 2.87. The Bertz CT molecular complexity index is 299. The molecule has 0 amide bonds. The molecule has 0 saturated carbocycles. The highest BCUT2D eigenvalue weighted by molar-refractivity contribution is 6.70. The van der Waals surface area contributed by atoms with Crippen molar-refractivity contribution in [3.8, 4) is 0 Å². The SMILES string of the molecule is CCOC(=O)C(Cl)(Cl)C(OC(C)=O)C(Cl)(Cl)Cl. The molecule has 0 fully saturated rings. The lowest BCUT2D eigenvalue weighted by molar-refractivity contribution is -0.154. The highest BCUT2D eigenvalue weighted by Crippen LogP contribution is 2.43. The number of rotatable bonds is 4. The van der Waals surface area contributed by atoms with E-state index in [1.165, 1.54) is 6.92 Å². The minimum absolute atomic E-state index is 0.0205. The maximum Gasteiger partial charge on any atom is 0.346 e. The summed E-state index contributed by atoms with van der Waals surface area (Å²) >= 11 is 28.1. The molecule has 0 rings (SSSR count). The lowest BCUT2D eigenvalue weighted by atomic mass is 10.2. The van der Waals surface area contributed by atoms with Gasteiger partial charge in [0.2, 0.25) is 3.79 Å². The van der Waals surface area contributed by atoms with E-state index in [0.29, 0.717) is 0 Å². The molecule has 0 N–H and O–H groups in total. The molecule has 0 aromatic heterocycles. The first-order chi connectivity index (χ1) is 7.53. The van der Waals surface area contributed by atoms with Crippen LogP contribution in [0.1, 0.15) is 13.8 Å². The summed E-state index contributed by atoms with van der Waals surface area (Å²) in [5, 5.41) is 0. The Morgan fingerprint density at radius 1 is 1.18 bits per heavy atom. The van der Waals surface area contributed by atoms with Crippen molar-refractivity contribution in [2.24, 2.45) is 0 Å². The van der Waals surface area contributed by atoms with Gasteiger partial charge in [0.15, 0.2) is 6.10 Å². The fourth-order valence-corrected chi connectivity index (χ4v) is 2.33. The van der Waals surface area contributed by atoms with Gasteiger partial charge >= 0.3 is 11.9 Å². The molecule has 0 saturated heterocycles. The Morgan fingerprint density at radius 3 is 1.94 bits per heavy atom. The number of hydrogen-bond acceptors (Lipinski definition) is 4. The first kappa shape index (κ1) is 17.4. The van der Waals surface area contributed by atoms with E-state index in [0.717, 1.165) is 6.92 Å². The molecule has 0 bridgehead atoms. The van der Waals surface area contributed by atoms with E-state index in [4.69, 9.17) is 58.0 Å². The van der Waals surface area contributed by atoms with Crippen LogP contribution in [0.4, 0.5) is 0 Å². The molecule has 0 spiro atoms. The van der Waals surface area contributed by atoms with Crippen LogP contribution in [0.5, 0.6) is 0 Å². The predicted molar refractivity (Wildman–Crippen MR) is 66.9 cm³/mol. The molecule has 0 aliphatic heterocycles. The number of carbonyl (C=O) groups excluding carboxylic acids is 2. The lowest BCUT2D eigenvalue weighted by Gasteiger charge is -2.31. The van der Waals surface area contributed by atoms with E-state index in [1.807, 2.05) is 0 Å². The molecular formula is C8H9Cl5O4. The first-order valence-electron chi connectivity index (χ1n) is 4.32. The van der Waals surface area contributed by atoms with Gasteiger partial charge in [0, 0.05) is 6.92 Å². The molecule has 100 valence electrons. The Balaban J connectivity index is 5.15. The van der Waals surface area contributed by atoms with Crippen molar-refractivity contribution in [1.29, 1.82) is 0 Å². The van der Waals surface area contributed by atoms with Crippen molar-refractivity contribution in [2.45, 2.75) is 28.1 Å². The number of hydrogen-bond donors (Lipinski definition) is 0. The van der Waals surface area contributed by atoms with Crippen molar-refractivity contribution >= 4 is 69.9 Å². The van der Waals surface area contributed by atoms with Gasteiger partial charge in [-0.05, 0) is 6.92 Å². The first-order valence-corrected chi connectivity index (χ1v) is 6.21. The highest BCUT2D eigenvalue weighted by atomic mass is 35.6. The van der Waals surface area contributed by atoms with Gasteiger partial charge in [-0.2, -0.15) is 0 Å². The summed E-state index contributed by atoms with van der Waals surface area (Å²) in [6, 6.07) is 0. The average Bonchev–Trinajstić information content (AvgIpc) is 2.12. The summed E-state index contributed by atoms with van der Waals surface area (Å²) in [5.74, 6) is -1.88. The van der Waals surface area contributed by atoms with Crippen LogP contribution in [-0.2, 0) is 19.1 Å². The molecule has 0 radical (unpaired) electrons. The molecule has 1 unspecified atom stereocenters. The minimum Gasteiger partial charge on any atom is -0.464 e. The van der Waals surface area contributed by atoms with Gasteiger partial charge in [0.25, 0.3) is 4.33 Å². The summed E-state index contributed by atoms with van der Waals surface area (Å²) in [6.45, 7) is 2.61. The molecule has 17 heavy (non-hydrogen) atoms. The zero-order valence-electron chi connectivity index (χ0n) is 8.81. The second kappa shape index (κ2) is 6.53. The zero-order chi connectivity index (χ0) is 13.9. The van der Waals surface area contributed by atoms with Crippen LogP contribution in [0.3, 0.4) is 0 Å². The summed E-state index contributed by atoms with van der Waals surface area (Å²) in [4.78, 5) is 22.3. The molecule has 0 aromatic rings. The fraction of sp³-hybridized carbons (Fsp3) is 0.750. The predicted octanol–water partition coefficient (Wildman–Crippen LogP) is 3.03.